The number of amides is 2. The summed E-state index contributed by atoms with van der Waals surface area (Å²) in [5, 5.41) is 0. The average Bonchev–Trinajstić information content (AvgIpc) is 2.32. The molecule has 2 atom stereocenters. The van der Waals surface area contributed by atoms with Crippen molar-refractivity contribution in [3.8, 4) is 0 Å². The molecule has 0 bridgehead atoms. The summed E-state index contributed by atoms with van der Waals surface area (Å²) in [6.07, 6.45) is -0.433. The number of hydrogen-bond acceptors (Lipinski definition) is 4. The summed E-state index contributed by atoms with van der Waals surface area (Å²) in [5.74, 6) is -0.0757. The number of nitrogens with zero attached hydrogens (tertiary/aromatic N) is 2. The Morgan fingerprint density at radius 1 is 1.44 bits per heavy atom. The standard InChI is InChI=1S/C12H22N2O4/c1-5-17-12(16)13(4)7-11(15)14-6-10(3)18-8-9(14)2/h9-10H,5-8H2,1-4H3/t9-,10-/m1/s1. The summed E-state index contributed by atoms with van der Waals surface area (Å²) in [7, 11) is 1.56. The van der Waals surface area contributed by atoms with Gasteiger partial charge in [0.25, 0.3) is 0 Å². The Morgan fingerprint density at radius 2 is 2.11 bits per heavy atom. The fourth-order valence-electron chi connectivity index (χ4n) is 1.84. The first kappa shape index (κ1) is 14.8. The Kier molecular flexibility index (Phi) is 5.40. The van der Waals surface area contributed by atoms with Crippen LogP contribution in [0.3, 0.4) is 0 Å². The van der Waals surface area contributed by atoms with Crippen molar-refractivity contribution in [1.29, 1.82) is 0 Å². The van der Waals surface area contributed by atoms with Gasteiger partial charge in [0.05, 0.1) is 25.4 Å². The molecule has 1 aliphatic heterocycles. The Labute approximate surface area is 108 Å². The lowest BCUT2D eigenvalue weighted by atomic mass is 10.2. The van der Waals surface area contributed by atoms with Gasteiger partial charge in [-0.05, 0) is 20.8 Å². The number of likely N-dealkylation sites (N-methyl/N-ethyl adjacent to an activating group) is 1. The maximum atomic E-state index is 12.1. The maximum absolute atomic E-state index is 12.1. The third-order valence-electron chi connectivity index (χ3n) is 2.88. The lowest BCUT2D eigenvalue weighted by Crippen LogP contribution is -2.53. The molecule has 18 heavy (non-hydrogen) atoms. The molecule has 1 fully saturated rings. The second-order valence-corrected chi connectivity index (χ2v) is 4.59. The normalized spacial score (nSPS) is 23.7. The predicted molar refractivity (Wildman–Crippen MR) is 66.2 cm³/mol. The average molecular weight is 258 g/mol. The summed E-state index contributed by atoms with van der Waals surface area (Å²) in [5.41, 5.74) is 0. The van der Waals surface area contributed by atoms with Crippen LogP contribution in [0.25, 0.3) is 0 Å². The van der Waals surface area contributed by atoms with Gasteiger partial charge in [0.15, 0.2) is 0 Å². The van der Waals surface area contributed by atoms with Gasteiger partial charge in [0.2, 0.25) is 5.91 Å². The number of rotatable bonds is 3. The highest BCUT2D eigenvalue weighted by molar-refractivity contribution is 5.82. The van der Waals surface area contributed by atoms with Crippen molar-refractivity contribution in [3.63, 3.8) is 0 Å². The van der Waals surface area contributed by atoms with Crippen LogP contribution in [0.4, 0.5) is 4.79 Å². The summed E-state index contributed by atoms with van der Waals surface area (Å²) < 4.78 is 10.3. The van der Waals surface area contributed by atoms with Gasteiger partial charge >= 0.3 is 6.09 Å². The third kappa shape index (κ3) is 3.87. The van der Waals surface area contributed by atoms with Crippen LogP contribution < -0.4 is 0 Å². The molecule has 0 radical (unpaired) electrons. The zero-order chi connectivity index (χ0) is 13.7. The summed E-state index contributed by atoms with van der Waals surface area (Å²) in [6.45, 7) is 7.06. The van der Waals surface area contributed by atoms with Gasteiger partial charge in [-0.2, -0.15) is 0 Å². The molecule has 0 aromatic rings. The van der Waals surface area contributed by atoms with E-state index < -0.39 is 6.09 Å². The molecule has 0 aromatic carbocycles. The lowest BCUT2D eigenvalue weighted by molar-refractivity contribution is -0.143. The van der Waals surface area contributed by atoms with Crippen LogP contribution in [0.15, 0.2) is 0 Å². The molecular formula is C12H22N2O4. The third-order valence-corrected chi connectivity index (χ3v) is 2.88. The van der Waals surface area contributed by atoms with Gasteiger partial charge in [-0.3, -0.25) is 4.79 Å². The zero-order valence-electron chi connectivity index (χ0n) is 11.5. The van der Waals surface area contributed by atoms with Crippen LogP contribution in [0.5, 0.6) is 0 Å². The molecule has 0 N–H and O–H groups in total. The molecule has 0 unspecified atom stereocenters. The molecule has 6 nitrogen and oxygen atoms in total. The number of carbonyl (C=O) groups is 2. The molecule has 0 spiro atoms. The second-order valence-electron chi connectivity index (χ2n) is 4.59. The molecule has 0 aliphatic carbocycles. The molecular weight excluding hydrogens is 236 g/mol. The van der Waals surface area contributed by atoms with E-state index in [1.165, 1.54) is 4.90 Å². The first-order valence-electron chi connectivity index (χ1n) is 6.24. The molecule has 6 heteroatoms. The van der Waals surface area contributed by atoms with Crippen molar-refractivity contribution < 1.29 is 19.1 Å². The monoisotopic (exact) mass is 258 g/mol. The van der Waals surface area contributed by atoms with E-state index in [1.807, 2.05) is 13.8 Å². The van der Waals surface area contributed by atoms with Gasteiger partial charge in [0.1, 0.15) is 6.54 Å². The minimum absolute atomic E-state index is 0.0376. The molecule has 0 saturated carbocycles. The van der Waals surface area contributed by atoms with E-state index in [9.17, 15) is 9.59 Å². The molecule has 104 valence electrons. The summed E-state index contributed by atoms with van der Waals surface area (Å²) in [6, 6.07) is 0.0456. The summed E-state index contributed by atoms with van der Waals surface area (Å²) >= 11 is 0. The van der Waals surface area contributed by atoms with Crippen LogP contribution in [0.2, 0.25) is 0 Å². The first-order valence-corrected chi connectivity index (χ1v) is 6.24. The number of hydrogen-bond donors (Lipinski definition) is 0. The number of morpholine rings is 1. The van der Waals surface area contributed by atoms with E-state index in [2.05, 4.69) is 0 Å². The van der Waals surface area contributed by atoms with Crippen molar-refractivity contribution >= 4 is 12.0 Å². The van der Waals surface area contributed by atoms with Crippen molar-refractivity contribution in [1.82, 2.24) is 9.80 Å². The Balaban J connectivity index is 2.50. The van der Waals surface area contributed by atoms with Gasteiger partial charge < -0.3 is 19.3 Å². The second kappa shape index (κ2) is 6.58. The Bertz CT molecular complexity index is 308. The highest BCUT2D eigenvalue weighted by Crippen LogP contribution is 2.11. The quantitative estimate of drug-likeness (QED) is 0.748. The minimum atomic E-state index is -0.472. The predicted octanol–water partition coefficient (Wildman–Crippen LogP) is 0.711. The van der Waals surface area contributed by atoms with E-state index in [0.29, 0.717) is 19.8 Å². The van der Waals surface area contributed by atoms with Crippen LogP contribution >= 0.6 is 0 Å². The Morgan fingerprint density at radius 3 is 2.72 bits per heavy atom. The summed E-state index contributed by atoms with van der Waals surface area (Å²) in [4.78, 5) is 26.6. The van der Waals surface area contributed by atoms with E-state index >= 15 is 0 Å². The van der Waals surface area contributed by atoms with Gasteiger partial charge in [-0.15, -0.1) is 0 Å². The van der Waals surface area contributed by atoms with E-state index in [0.717, 1.165) is 0 Å². The zero-order valence-corrected chi connectivity index (χ0v) is 11.5. The molecule has 2 amide bonds. The van der Waals surface area contributed by atoms with Gasteiger partial charge in [-0.25, -0.2) is 4.79 Å². The Hall–Kier alpha value is -1.30. The molecule has 1 rings (SSSR count). The fraction of sp³-hybridized carbons (Fsp3) is 0.833. The topological polar surface area (TPSA) is 59.1 Å². The smallest absolute Gasteiger partial charge is 0.409 e. The molecule has 1 saturated heterocycles. The highest BCUT2D eigenvalue weighted by Gasteiger charge is 2.28. The van der Waals surface area contributed by atoms with Crippen LogP contribution in [0, 0.1) is 0 Å². The van der Waals surface area contributed by atoms with Crippen LogP contribution in [-0.4, -0.2) is 67.3 Å². The SMILES string of the molecule is CCOC(=O)N(C)CC(=O)N1C[C@@H](C)OC[C@H]1C. The van der Waals surface area contributed by atoms with E-state index in [-0.39, 0.29) is 24.6 Å². The largest absolute Gasteiger partial charge is 0.450 e. The fourth-order valence-corrected chi connectivity index (χ4v) is 1.84. The molecule has 1 heterocycles. The van der Waals surface area contributed by atoms with Crippen molar-refractivity contribution in [2.45, 2.75) is 32.9 Å². The van der Waals surface area contributed by atoms with E-state index in [4.69, 9.17) is 9.47 Å². The molecule has 0 aromatic heterocycles. The minimum Gasteiger partial charge on any atom is -0.450 e. The maximum Gasteiger partial charge on any atom is 0.409 e. The first-order chi connectivity index (χ1) is 8.45. The van der Waals surface area contributed by atoms with E-state index in [1.54, 1.807) is 18.9 Å². The van der Waals surface area contributed by atoms with Crippen LogP contribution in [-0.2, 0) is 14.3 Å². The van der Waals surface area contributed by atoms with Crippen LogP contribution in [0.1, 0.15) is 20.8 Å². The van der Waals surface area contributed by atoms with Gasteiger partial charge in [0, 0.05) is 13.6 Å². The number of ether oxygens (including phenoxy) is 2. The lowest BCUT2D eigenvalue weighted by Gasteiger charge is -2.37. The van der Waals surface area contributed by atoms with Gasteiger partial charge in [-0.1, -0.05) is 0 Å². The molecule has 1 aliphatic rings. The highest BCUT2D eigenvalue weighted by atomic mass is 16.6. The van der Waals surface area contributed by atoms with Crippen molar-refractivity contribution in [2.75, 3.05) is 33.4 Å². The van der Waals surface area contributed by atoms with Crippen molar-refractivity contribution in [2.24, 2.45) is 0 Å². The number of carbonyl (C=O) groups excluding carboxylic acids is 2. The van der Waals surface area contributed by atoms with Crippen molar-refractivity contribution in [3.05, 3.63) is 0 Å².